The van der Waals surface area contributed by atoms with Gasteiger partial charge < -0.3 is 14.4 Å². The molecule has 0 aromatic carbocycles. The predicted octanol–water partition coefficient (Wildman–Crippen LogP) is 6.88. The van der Waals surface area contributed by atoms with Gasteiger partial charge in [0.2, 0.25) is 0 Å². The molecule has 0 heterocycles. The van der Waals surface area contributed by atoms with Crippen LogP contribution in [0.15, 0.2) is 0 Å². The molecule has 0 aliphatic heterocycles. The minimum absolute atomic E-state index is 0.181. The normalized spacial score (nSPS) is 11.2. The highest BCUT2D eigenvalue weighted by Crippen LogP contribution is 2.15. The fraction of sp³-hybridized carbons (Fsp3) is 0.962. The van der Waals surface area contributed by atoms with E-state index in [1.165, 1.54) is 120 Å². The summed E-state index contributed by atoms with van der Waals surface area (Å²) in [5.41, 5.74) is 0. The third kappa shape index (κ3) is 25.4. The molecule has 0 saturated carbocycles. The number of unbranched alkanes of at least 4 members (excludes halogenated alkanes) is 12. The minimum atomic E-state index is -0.961. The Balaban J connectivity index is 0. The van der Waals surface area contributed by atoms with Crippen LogP contribution < -0.4 is 5.11 Å². The smallest absolute Gasteiger partial charge is 0.0784 e. The highest BCUT2D eigenvalue weighted by atomic mass is 16.4. The molecule has 0 aromatic heterocycles. The molecule has 3 nitrogen and oxygen atoms in total. The van der Waals surface area contributed by atoms with Crippen molar-refractivity contribution in [2.24, 2.45) is 0 Å². The van der Waals surface area contributed by atoms with E-state index < -0.39 is 5.97 Å². The summed E-state index contributed by atoms with van der Waals surface area (Å²) in [6.07, 6.45) is 22.3. The van der Waals surface area contributed by atoms with E-state index in [-0.39, 0.29) is 6.42 Å². The lowest BCUT2D eigenvalue weighted by molar-refractivity contribution is -0.910. The topological polar surface area (TPSA) is 40.1 Å². The second kappa shape index (κ2) is 23.7. The summed E-state index contributed by atoms with van der Waals surface area (Å²) in [4.78, 5) is 9.49. The van der Waals surface area contributed by atoms with Crippen molar-refractivity contribution in [3.63, 3.8) is 0 Å². The van der Waals surface area contributed by atoms with E-state index >= 15 is 0 Å². The van der Waals surface area contributed by atoms with Gasteiger partial charge in [0.1, 0.15) is 0 Å². The minimum Gasteiger partial charge on any atom is -0.550 e. The van der Waals surface area contributed by atoms with Crippen LogP contribution in [0, 0.1) is 0 Å². The first kappa shape index (κ1) is 30.6. The maximum Gasteiger partial charge on any atom is 0.0784 e. The van der Waals surface area contributed by atoms with Crippen molar-refractivity contribution in [2.45, 2.75) is 137 Å². The van der Waals surface area contributed by atoms with Crippen molar-refractivity contribution in [1.29, 1.82) is 0 Å². The number of nitrogens with zero attached hydrogens (tertiary/aromatic N) is 1. The molecule has 0 spiro atoms. The molecule has 176 valence electrons. The largest absolute Gasteiger partial charge is 0.550 e. The summed E-state index contributed by atoms with van der Waals surface area (Å²) in [5, 5.41) is 9.49. The molecule has 0 unspecified atom stereocenters. The summed E-state index contributed by atoms with van der Waals surface area (Å²) in [6.45, 7) is 13.0. The summed E-state index contributed by atoms with van der Waals surface area (Å²) in [5.74, 6) is -0.961. The number of carboxylic acid groups (broad SMARTS) is 1. The molecule has 0 aliphatic carbocycles. The number of hydrogen-bond donors (Lipinski definition) is 0. The maximum absolute atomic E-state index is 9.49. The molecule has 0 N–H and O–H groups in total. The third-order valence-corrected chi connectivity index (χ3v) is 5.86. The number of quaternary nitrogens is 1. The Morgan fingerprint density at radius 1 is 0.552 bits per heavy atom. The predicted molar refractivity (Wildman–Crippen MR) is 127 cm³/mol. The van der Waals surface area contributed by atoms with E-state index in [4.69, 9.17) is 0 Å². The van der Waals surface area contributed by atoms with Gasteiger partial charge in [-0.2, -0.15) is 0 Å². The van der Waals surface area contributed by atoms with E-state index in [0.717, 1.165) is 0 Å². The number of rotatable bonds is 20. The zero-order chi connectivity index (χ0) is 22.2. The summed E-state index contributed by atoms with van der Waals surface area (Å²) in [6, 6.07) is 0. The molecule has 0 aromatic rings. The van der Waals surface area contributed by atoms with Crippen molar-refractivity contribution in [3.8, 4) is 0 Å². The zero-order valence-corrected chi connectivity index (χ0v) is 20.9. The van der Waals surface area contributed by atoms with Crippen LogP contribution in [-0.2, 0) is 4.79 Å². The van der Waals surface area contributed by atoms with E-state index in [1.54, 1.807) is 6.92 Å². The molecule has 0 rings (SSSR count). The molecule has 29 heavy (non-hydrogen) atoms. The lowest BCUT2D eigenvalue weighted by atomic mass is 10.1. The quantitative estimate of drug-likeness (QED) is 0.161. The average molecular weight is 414 g/mol. The van der Waals surface area contributed by atoms with Crippen LogP contribution >= 0.6 is 0 Å². The maximum atomic E-state index is 9.49. The molecule has 0 amide bonds. The van der Waals surface area contributed by atoms with E-state index in [1.807, 2.05) is 0 Å². The Kier molecular flexibility index (Phi) is 25.0. The molecule has 0 aliphatic rings. The van der Waals surface area contributed by atoms with E-state index in [2.05, 4.69) is 27.8 Å². The van der Waals surface area contributed by atoms with Gasteiger partial charge in [-0.3, -0.25) is 0 Å². The van der Waals surface area contributed by atoms with Gasteiger partial charge in [0.15, 0.2) is 0 Å². The van der Waals surface area contributed by atoms with Gasteiger partial charge in [-0.15, -0.1) is 0 Å². The first-order valence-electron chi connectivity index (χ1n) is 13.0. The molecule has 3 heteroatoms. The third-order valence-electron chi connectivity index (χ3n) is 5.86. The first-order valence-corrected chi connectivity index (χ1v) is 13.0. The summed E-state index contributed by atoms with van der Waals surface area (Å²) >= 11 is 0. The second-order valence-corrected chi connectivity index (χ2v) is 9.15. The van der Waals surface area contributed by atoms with Crippen LogP contribution in [0.5, 0.6) is 0 Å². The zero-order valence-electron chi connectivity index (χ0n) is 20.9. The van der Waals surface area contributed by atoms with Gasteiger partial charge in [0, 0.05) is 5.97 Å². The Labute approximate surface area is 184 Å². The van der Waals surface area contributed by atoms with Crippen molar-refractivity contribution in [1.82, 2.24) is 0 Å². The van der Waals surface area contributed by atoms with Crippen molar-refractivity contribution in [2.75, 3.05) is 26.7 Å². The highest BCUT2D eigenvalue weighted by molar-refractivity contribution is 5.63. The number of aliphatic carboxylic acids is 1. The average Bonchev–Trinajstić information content (AvgIpc) is 2.68. The Hall–Kier alpha value is -0.570. The van der Waals surface area contributed by atoms with Crippen molar-refractivity contribution < 1.29 is 14.4 Å². The van der Waals surface area contributed by atoms with Gasteiger partial charge in [0.25, 0.3) is 0 Å². The SMILES string of the molecule is CCCC(=O)[O-].CCCCCCC[N+](C)(CCCCCCC)CCCCCCC. The highest BCUT2D eigenvalue weighted by Gasteiger charge is 2.19. The molecule has 0 bridgehead atoms. The standard InChI is InChI=1S/C22H48N.C4H8O2/c1-5-8-11-14-17-20-23(4,21-18-15-12-9-6-2)22-19-16-13-10-7-3;1-2-3-4(5)6/h5-22H2,1-4H3;2-3H2,1H3,(H,5,6)/q+1;/p-1. The summed E-state index contributed by atoms with van der Waals surface area (Å²) in [7, 11) is 2.54. The monoisotopic (exact) mass is 413 g/mol. The number of carbonyl (C=O) groups is 1. The number of hydrogen-bond acceptors (Lipinski definition) is 2. The van der Waals surface area contributed by atoms with Crippen LogP contribution in [0.2, 0.25) is 0 Å². The molecule has 0 fully saturated rings. The fourth-order valence-electron chi connectivity index (χ4n) is 3.83. The van der Waals surface area contributed by atoms with Crippen LogP contribution in [-0.4, -0.2) is 37.1 Å². The van der Waals surface area contributed by atoms with Gasteiger partial charge >= 0.3 is 0 Å². The number of carbonyl (C=O) groups excluding carboxylic acids is 1. The summed E-state index contributed by atoms with van der Waals surface area (Å²) < 4.78 is 1.35. The van der Waals surface area contributed by atoms with Gasteiger partial charge in [-0.25, -0.2) is 0 Å². The van der Waals surface area contributed by atoms with E-state index in [0.29, 0.717) is 6.42 Å². The molecule has 0 saturated heterocycles. The Bertz CT molecular complexity index is 295. The van der Waals surface area contributed by atoms with Crippen LogP contribution in [0.3, 0.4) is 0 Å². The molecular formula is C26H55NO2. The molecule has 0 atom stereocenters. The van der Waals surface area contributed by atoms with Crippen molar-refractivity contribution in [3.05, 3.63) is 0 Å². The van der Waals surface area contributed by atoms with E-state index in [9.17, 15) is 9.90 Å². The van der Waals surface area contributed by atoms with Crippen LogP contribution in [0.1, 0.15) is 137 Å². The van der Waals surface area contributed by atoms with Crippen molar-refractivity contribution >= 4 is 5.97 Å². The van der Waals surface area contributed by atoms with Gasteiger partial charge in [-0.05, 0) is 44.9 Å². The van der Waals surface area contributed by atoms with Gasteiger partial charge in [-0.1, -0.05) is 91.9 Å². The fourth-order valence-corrected chi connectivity index (χ4v) is 3.83. The Morgan fingerprint density at radius 3 is 1.07 bits per heavy atom. The molecular weight excluding hydrogens is 358 g/mol. The molecule has 0 radical (unpaired) electrons. The lowest BCUT2D eigenvalue weighted by Crippen LogP contribution is -2.46. The number of carboxylic acids is 1. The second-order valence-electron chi connectivity index (χ2n) is 9.15. The van der Waals surface area contributed by atoms with Crippen LogP contribution in [0.4, 0.5) is 0 Å². The van der Waals surface area contributed by atoms with Gasteiger partial charge in [0.05, 0.1) is 26.7 Å². The van der Waals surface area contributed by atoms with Crippen LogP contribution in [0.25, 0.3) is 0 Å². The first-order chi connectivity index (χ1) is 14.0. The Morgan fingerprint density at radius 2 is 0.862 bits per heavy atom. The lowest BCUT2D eigenvalue weighted by Gasteiger charge is -2.35.